The number of hydrogen-bond acceptors (Lipinski definition) is 1. The minimum Gasteiger partial charge on any atom is -0.310 e. The highest BCUT2D eigenvalue weighted by atomic mass is 15.1. The van der Waals surface area contributed by atoms with Gasteiger partial charge in [0.2, 0.25) is 0 Å². The number of anilines is 3. The number of fused-ring (bicyclic) bond motifs is 9. The molecule has 10 aromatic carbocycles. The normalized spacial score (nSPS) is 14.8. The topological polar surface area (TPSA) is 3.24 Å². The molecule has 1 nitrogen and oxygen atoms in total. The van der Waals surface area contributed by atoms with Crippen LogP contribution in [0, 0.1) is 0 Å². The quantitative estimate of drug-likeness (QED) is 0.154. The summed E-state index contributed by atoms with van der Waals surface area (Å²) in [5, 5.41) is 0. The molecule has 0 unspecified atom stereocenters. The van der Waals surface area contributed by atoms with Crippen molar-refractivity contribution in [3.8, 4) is 55.6 Å². The van der Waals surface area contributed by atoms with Crippen molar-refractivity contribution in [2.45, 2.75) is 43.9 Å². The lowest BCUT2D eigenvalue weighted by atomic mass is 9.67. The fourth-order valence-corrected chi connectivity index (χ4v) is 12.6. The van der Waals surface area contributed by atoms with Crippen molar-refractivity contribution in [3.63, 3.8) is 0 Å². The Balaban J connectivity index is 1.03. The van der Waals surface area contributed by atoms with E-state index < -0.39 is 5.41 Å². The molecule has 10 aromatic rings. The van der Waals surface area contributed by atoms with E-state index in [1.807, 2.05) is 0 Å². The zero-order valence-electron chi connectivity index (χ0n) is 39.0. The third kappa shape index (κ3) is 5.69. The second kappa shape index (κ2) is 15.0. The molecule has 324 valence electrons. The average molecular weight is 870 g/mol. The molecule has 3 aliphatic carbocycles. The standard InChI is InChI=1S/C67H51N/c1-65(2)56-32-16-14-29-52(56)54-42-61-55(43-60(54)65)64-58(66(61,3)4)34-20-36-62(64)68(49-39-37-45(38-40-49)44-21-8-5-9-22-44)50-28-18-23-46(41-50)51-31-19-35-59-63(51)53-30-15-17-33-57(53)67(59,47-24-10-6-11-25-47)48-26-12-7-13-27-48/h5-43H,1-4H3. The van der Waals surface area contributed by atoms with Crippen molar-refractivity contribution >= 4 is 17.1 Å². The van der Waals surface area contributed by atoms with Crippen LogP contribution >= 0.6 is 0 Å². The maximum Gasteiger partial charge on any atom is 0.0713 e. The predicted molar refractivity (Wildman–Crippen MR) is 284 cm³/mol. The molecule has 0 saturated heterocycles. The monoisotopic (exact) mass is 869 g/mol. The molecule has 0 fully saturated rings. The van der Waals surface area contributed by atoms with Crippen LogP contribution in [0.4, 0.5) is 17.1 Å². The first-order valence-corrected chi connectivity index (χ1v) is 24.1. The average Bonchev–Trinajstić information content (AvgIpc) is 3.92. The van der Waals surface area contributed by atoms with E-state index in [0.29, 0.717) is 0 Å². The maximum atomic E-state index is 2.55. The van der Waals surface area contributed by atoms with Gasteiger partial charge >= 0.3 is 0 Å². The summed E-state index contributed by atoms with van der Waals surface area (Å²) in [4.78, 5) is 2.52. The van der Waals surface area contributed by atoms with E-state index in [1.165, 1.54) is 106 Å². The smallest absolute Gasteiger partial charge is 0.0713 e. The van der Waals surface area contributed by atoms with Crippen LogP contribution in [-0.4, -0.2) is 0 Å². The summed E-state index contributed by atoms with van der Waals surface area (Å²) in [6.07, 6.45) is 0. The Bertz CT molecular complexity index is 3560. The van der Waals surface area contributed by atoms with Gasteiger partial charge in [-0.3, -0.25) is 0 Å². The van der Waals surface area contributed by atoms with Gasteiger partial charge in [-0.15, -0.1) is 0 Å². The fourth-order valence-electron chi connectivity index (χ4n) is 12.6. The van der Waals surface area contributed by atoms with Gasteiger partial charge in [0.25, 0.3) is 0 Å². The molecule has 13 rings (SSSR count). The molecule has 0 heterocycles. The molecule has 0 aromatic heterocycles. The van der Waals surface area contributed by atoms with E-state index in [9.17, 15) is 0 Å². The van der Waals surface area contributed by atoms with E-state index in [4.69, 9.17) is 0 Å². The molecular formula is C67H51N. The van der Waals surface area contributed by atoms with Crippen LogP contribution in [0.5, 0.6) is 0 Å². The Labute approximate surface area is 400 Å². The van der Waals surface area contributed by atoms with E-state index in [2.05, 4.69) is 269 Å². The van der Waals surface area contributed by atoms with Gasteiger partial charge in [-0.2, -0.15) is 0 Å². The van der Waals surface area contributed by atoms with Crippen LogP contribution in [0.3, 0.4) is 0 Å². The third-order valence-electron chi connectivity index (χ3n) is 15.8. The van der Waals surface area contributed by atoms with Crippen LogP contribution in [-0.2, 0) is 16.2 Å². The van der Waals surface area contributed by atoms with E-state index >= 15 is 0 Å². The first-order chi connectivity index (χ1) is 33.3. The molecule has 0 radical (unpaired) electrons. The Kier molecular flexibility index (Phi) is 8.89. The Morgan fingerprint density at radius 3 is 1.50 bits per heavy atom. The van der Waals surface area contributed by atoms with E-state index in [0.717, 1.165) is 11.4 Å². The van der Waals surface area contributed by atoms with Gasteiger partial charge in [0, 0.05) is 27.8 Å². The first-order valence-electron chi connectivity index (χ1n) is 24.1. The van der Waals surface area contributed by atoms with Crippen molar-refractivity contribution in [2.24, 2.45) is 0 Å². The highest BCUT2D eigenvalue weighted by Gasteiger charge is 2.47. The first kappa shape index (κ1) is 40.3. The number of rotatable bonds is 7. The van der Waals surface area contributed by atoms with Crippen LogP contribution in [0.15, 0.2) is 237 Å². The highest BCUT2D eigenvalue weighted by molar-refractivity contribution is 6.00. The van der Waals surface area contributed by atoms with Crippen molar-refractivity contribution in [1.82, 2.24) is 0 Å². The molecule has 0 bridgehead atoms. The molecule has 0 saturated carbocycles. The molecule has 0 spiro atoms. The highest BCUT2D eigenvalue weighted by Crippen LogP contribution is 2.61. The van der Waals surface area contributed by atoms with Crippen molar-refractivity contribution < 1.29 is 0 Å². The van der Waals surface area contributed by atoms with Crippen molar-refractivity contribution in [3.05, 3.63) is 281 Å². The zero-order valence-corrected chi connectivity index (χ0v) is 39.0. The number of benzene rings is 10. The molecule has 68 heavy (non-hydrogen) atoms. The van der Waals surface area contributed by atoms with Crippen molar-refractivity contribution in [2.75, 3.05) is 4.90 Å². The van der Waals surface area contributed by atoms with Gasteiger partial charge in [0.1, 0.15) is 0 Å². The molecule has 0 aliphatic heterocycles. The summed E-state index contributed by atoms with van der Waals surface area (Å²) in [6, 6.07) is 88.5. The number of hydrogen-bond donors (Lipinski definition) is 0. The Morgan fingerprint density at radius 2 is 0.779 bits per heavy atom. The Morgan fingerprint density at radius 1 is 0.279 bits per heavy atom. The second-order valence-corrected chi connectivity index (χ2v) is 20.0. The summed E-state index contributed by atoms with van der Waals surface area (Å²) in [5.41, 5.74) is 26.1. The van der Waals surface area contributed by atoms with Gasteiger partial charge in [0.15, 0.2) is 0 Å². The summed E-state index contributed by atoms with van der Waals surface area (Å²) in [5.74, 6) is 0. The Hall–Kier alpha value is -8.00. The van der Waals surface area contributed by atoms with Gasteiger partial charge in [-0.05, 0) is 137 Å². The lowest BCUT2D eigenvalue weighted by Gasteiger charge is -2.34. The van der Waals surface area contributed by atoms with Gasteiger partial charge < -0.3 is 4.90 Å². The lowest BCUT2D eigenvalue weighted by Crippen LogP contribution is -2.28. The second-order valence-electron chi connectivity index (χ2n) is 20.0. The fraction of sp³-hybridized carbons (Fsp3) is 0.104. The van der Waals surface area contributed by atoms with Gasteiger partial charge in [0.05, 0.1) is 11.1 Å². The third-order valence-corrected chi connectivity index (χ3v) is 15.8. The minimum absolute atomic E-state index is 0.114. The van der Waals surface area contributed by atoms with E-state index in [-0.39, 0.29) is 10.8 Å². The summed E-state index contributed by atoms with van der Waals surface area (Å²) in [7, 11) is 0. The lowest BCUT2D eigenvalue weighted by molar-refractivity contribution is 0.652. The maximum absolute atomic E-state index is 2.55. The largest absolute Gasteiger partial charge is 0.310 e. The predicted octanol–water partition coefficient (Wildman–Crippen LogP) is 17.5. The molecular weight excluding hydrogens is 819 g/mol. The molecule has 3 aliphatic rings. The van der Waals surface area contributed by atoms with Crippen LogP contribution in [0.2, 0.25) is 0 Å². The van der Waals surface area contributed by atoms with Gasteiger partial charge in [-0.25, -0.2) is 0 Å². The summed E-state index contributed by atoms with van der Waals surface area (Å²) >= 11 is 0. The van der Waals surface area contributed by atoms with Crippen LogP contribution in [0.1, 0.15) is 72.2 Å². The zero-order chi connectivity index (χ0) is 45.8. The van der Waals surface area contributed by atoms with Crippen molar-refractivity contribution in [1.29, 1.82) is 0 Å². The molecule has 1 heteroatoms. The summed E-state index contributed by atoms with van der Waals surface area (Å²) < 4.78 is 0. The molecule has 0 N–H and O–H groups in total. The van der Waals surface area contributed by atoms with Crippen LogP contribution in [0.25, 0.3) is 55.6 Å². The summed E-state index contributed by atoms with van der Waals surface area (Å²) in [6.45, 7) is 9.62. The van der Waals surface area contributed by atoms with Crippen LogP contribution < -0.4 is 4.90 Å². The van der Waals surface area contributed by atoms with E-state index in [1.54, 1.807) is 0 Å². The SMILES string of the molecule is CC1(C)c2ccccc2-c2cc3c(cc21)-c1c(N(c2ccc(-c4ccccc4)cc2)c2cccc(-c4cccc5c4-c4ccccc4C5(c4ccccc4)c4ccccc4)c2)cccc1C3(C)C. The molecule has 0 amide bonds. The molecule has 0 atom stereocenters. The number of nitrogens with zero attached hydrogens (tertiary/aromatic N) is 1. The minimum atomic E-state index is -0.477. The van der Waals surface area contributed by atoms with Gasteiger partial charge in [-0.1, -0.05) is 222 Å².